The van der Waals surface area contributed by atoms with Crippen LogP contribution in [-0.2, 0) is 6.54 Å². The van der Waals surface area contributed by atoms with Crippen molar-refractivity contribution in [1.82, 2.24) is 15.3 Å². The minimum Gasteiger partial charge on any atom is -0.367 e. The lowest BCUT2D eigenvalue weighted by Crippen LogP contribution is -2.25. The quantitative estimate of drug-likeness (QED) is 0.826. The van der Waals surface area contributed by atoms with Crippen LogP contribution in [0.1, 0.15) is 54.6 Å². The second-order valence-electron chi connectivity index (χ2n) is 6.29. The topological polar surface area (TPSA) is 66.9 Å². The van der Waals surface area contributed by atoms with E-state index in [-0.39, 0.29) is 5.91 Å². The van der Waals surface area contributed by atoms with Crippen LogP contribution in [0, 0.1) is 0 Å². The Hall–Kier alpha value is -2.43. The van der Waals surface area contributed by atoms with Crippen molar-refractivity contribution in [2.24, 2.45) is 0 Å². The van der Waals surface area contributed by atoms with Crippen LogP contribution in [0.2, 0.25) is 0 Å². The molecule has 1 aromatic heterocycles. The van der Waals surface area contributed by atoms with Gasteiger partial charge in [0.05, 0.1) is 0 Å². The summed E-state index contributed by atoms with van der Waals surface area (Å²) >= 11 is 0. The lowest BCUT2D eigenvalue weighted by molar-refractivity contribution is 0.0946. The van der Waals surface area contributed by atoms with E-state index in [4.69, 9.17) is 0 Å². The SMILES string of the molecule is O=C(NCc1ccccc1)c1cc(NC2CCCCCC2)ncn1. The number of nitrogens with one attached hydrogen (secondary N) is 2. The summed E-state index contributed by atoms with van der Waals surface area (Å²) in [7, 11) is 0. The van der Waals surface area contributed by atoms with Crippen LogP contribution < -0.4 is 10.6 Å². The van der Waals surface area contributed by atoms with Gasteiger partial charge in [0, 0.05) is 18.7 Å². The first-order valence-electron chi connectivity index (χ1n) is 8.72. The maximum Gasteiger partial charge on any atom is 0.270 e. The Morgan fingerprint density at radius 1 is 1.04 bits per heavy atom. The molecule has 1 amide bonds. The molecule has 0 saturated heterocycles. The molecular formula is C19H24N4O. The smallest absolute Gasteiger partial charge is 0.270 e. The predicted molar refractivity (Wildman–Crippen MR) is 94.8 cm³/mol. The zero-order valence-corrected chi connectivity index (χ0v) is 13.9. The Balaban J connectivity index is 1.58. The van der Waals surface area contributed by atoms with Crippen LogP contribution in [0.25, 0.3) is 0 Å². The zero-order chi connectivity index (χ0) is 16.6. The summed E-state index contributed by atoms with van der Waals surface area (Å²) in [5, 5.41) is 6.36. The summed E-state index contributed by atoms with van der Waals surface area (Å²) in [5.41, 5.74) is 1.47. The molecule has 0 aliphatic heterocycles. The van der Waals surface area contributed by atoms with Gasteiger partial charge in [0.25, 0.3) is 5.91 Å². The highest BCUT2D eigenvalue weighted by Crippen LogP contribution is 2.20. The van der Waals surface area contributed by atoms with Crippen molar-refractivity contribution in [3.63, 3.8) is 0 Å². The third kappa shape index (κ3) is 4.78. The maximum atomic E-state index is 12.3. The summed E-state index contributed by atoms with van der Waals surface area (Å²) in [4.78, 5) is 20.7. The van der Waals surface area contributed by atoms with Gasteiger partial charge in [-0.3, -0.25) is 4.79 Å². The summed E-state index contributed by atoms with van der Waals surface area (Å²) in [5.74, 6) is 0.562. The van der Waals surface area contributed by atoms with Crippen molar-refractivity contribution >= 4 is 11.7 Å². The van der Waals surface area contributed by atoms with Gasteiger partial charge in [-0.25, -0.2) is 9.97 Å². The number of anilines is 1. The first kappa shape index (κ1) is 16.4. The Kier molecular flexibility index (Phi) is 5.77. The minimum atomic E-state index is -0.176. The van der Waals surface area contributed by atoms with Crippen molar-refractivity contribution < 1.29 is 4.79 Å². The molecule has 5 nitrogen and oxygen atoms in total. The van der Waals surface area contributed by atoms with E-state index in [0.717, 1.165) is 11.4 Å². The second-order valence-corrected chi connectivity index (χ2v) is 6.29. The molecule has 5 heteroatoms. The Morgan fingerprint density at radius 3 is 2.54 bits per heavy atom. The minimum absolute atomic E-state index is 0.176. The van der Waals surface area contributed by atoms with E-state index >= 15 is 0 Å². The molecule has 0 radical (unpaired) electrons. The number of rotatable bonds is 5. The average Bonchev–Trinajstić information content (AvgIpc) is 2.89. The number of benzene rings is 1. The van der Waals surface area contributed by atoms with E-state index in [1.54, 1.807) is 6.07 Å². The lowest BCUT2D eigenvalue weighted by atomic mass is 10.1. The van der Waals surface area contributed by atoms with Crippen molar-refractivity contribution in [3.8, 4) is 0 Å². The normalized spacial score (nSPS) is 15.5. The molecule has 0 bridgehead atoms. The molecule has 1 fully saturated rings. The molecule has 126 valence electrons. The molecule has 0 spiro atoms. The van der Waals surface area contributed by atoms with E-state index in [1.807, 2.05) is 30.3 Å². The summed E-state index contributed by atoms with van der Waals surface area (Å²) in [6.45, 7) is 0.495. The van der Waals surface area contributed by atoms with Crippen molar-refractivity contribution in [2.75, 3.05) is 5.32 Å². The molecule has 24 heavy (non-hydrogen) atoms. The fraction of sp³-hybridized carbons (Fsp3) is 0.421. The van der Waals surface area contributed by atoms with Gasteiger partial charge in [-0.2, -0.15) is 0 Å². The van der Waals surface area contributed by atoms with Gasteiger partial charge in [-0.05, 0) is 18.4 Å². The number of carbonyl (C=O) groups is 1. The van der Waals surface area contributed by atoms with E-state index in [2.05, 4.69) is 20.6 Å². The molecular weight excluding hydrogens is 300 g/mol. The van der Waals surface area contributed by atoms with Crippen molar-refractivity contribution in [1.29, 1.82) is 0 Å². The third-order valence-corrected chi connectivity index (χ3v) is 4.40. The number of aromatic nitrogens is 2. The molecule has 1 aromatic carbocycles. The van der Waals surface area contributed by atoms with Gasteiger partial charge < -0.3 is 10.6 Å². The highest BCUT2D eigenvalue weighted by Gasteiger charge is 2.14. The standard InChI is InChI=1S/C19H24N4O/c24-19(20-13-15-8-4-3-5-9-15)17-12-18(22-14-21-17)23-16-10-6-1-2-7-11-16/h3-5,8-9,12,14,16H,1-2,6-7,10-11,13H2,(H,20,24)(H,21,22,23). The van der Waals surface area contributed by atoms with E-state index < -0.39 is 0 Å². The fourth-order valence-electron chi connectivity index (χ4n) is 3.06. The van der Waals surface area contributed by atoms with Crippen molar-refractivity contribution in [3.05, 3.63) is 54.0 Å². The Morgan fingerprint density at radius 2 is 1.79 bits per heavy atom. The number of amides is 1. The van der Waals surface area contributed by atoms with Gasteiger partial charge >= 0.3 is 0 Å². The van der Waals surface area contributed by atoms with Crippen LogP contribution >= 0.6 is 0 Å². The molecule has 1 aliphatic rings. The van der Waals surface area contributed by atoms with Crippen LogP contribution in [0.3, 0.4) is 0 Å². The molecule has 2 aromatic rings. The van der Waals surface area contributed by atoms with Crippen LogP contribution in [-0.4, -0.2) is 21.9 Å². The first-order valence-corrected chi connectivity index (χ1v) is 8.72. The number of hydrogen-bond donors (Lipinski definition) is 2. The van der Waals surface area contributed by atoms with Gasteiger partial charge in [0.2, 0.25) is 0 Å². The third-order valence-electron chi connectivity index (χ3n) is 4.40. The van der Waals surface area contributed by atoms with Crippen LogP contribution in [0.5, 0.6) is 0 Å². The van der Waals surface area contributed by atoms with E-state index in [1.165, 1.54) is 44.9 Å². The highest BCUT2D eigenvalue weighted by atomic mass is 16.1. The fourth-order valence-corrected chi connectivity index (χ4v) is 3.06. The number of nitrogens with zero attached hydrogens (tertiary/aromatic N) is 2. The Labute approximate surface area is 142 Å². The largest absolute Gasteiger partial charge is 0.367 e. The first-order chi connectivity index (χ1) is 11.8. The lowest BCUT2D eigenvalue weighted by Gasteiger charge is -2.17. The van der Waals surface area contributed by atoms with Crippen LogP contribution in [0.15, 0.2) is 42.7 Å². The van der Waals surface area contributed by atoms with Gasteiger partial charge in [0.1, 0.15) is 17.8 Å². The molecule has 1 aliphatic carbocycles. The van der Waals surface area contributed by atoms with Gasteiger partial charge in [-0.15, -0.1) is 0 Å². The number of hydrogen-bond acceptors (Lipinski definition) is 4. The molecule has 1 saturated carbocycles. The summed E-state index contributed by atoms with van der Waals surface area (Å²) in [6.07, 6.45) is 8.93. The average molecular weight is 324 g/mol. The molecule has 0 unspecified atom stereocenters. The maximum absolute atomic E-state index is 12.3. The summed E-state index contributed by atoms with van der Waals surface area (Å²) in [6, 6.07) is 12.0. The number of carbonyl (C=O) groups excluding carboxylic acids is 1. The second kappa shape index (κ2) is 8.43. The van der Waals surface area contributed by atoms with Crippen LogP contribution in [0.4, 0.5) is 5.82 Å². The molecule has 1 heterocycles. The van der Waals surface area contributed by atoms with Gasteiger partial charge in [-0.1, -0.05) is 56.0 Å². The zero-order valence-electron chi connectivity index (χ0n) is 13.9. The van der Waals surface area contributed by atoms with Gasteiger partial charge in [0.15, 0.2) is 0 Å². The predicted octanol–water partition coefficient (Wildman–Crippen LogP) is 3.54. The molecule has 0 atom stereocenters. The molecule has 2 N–H and O–H groups in total. The van der Waals surface area contributed by atoms with Crippen molar-refractivity contribution in [2.45, 2.75) is 51.1 Å². The van der Waals surface area contributed by atoms with E-state index in [0.29, 0.717) is 18.3 Å². The summed E-state index contributed by atoms with van der Waals surface area (Å²) < 4.78 is 0. The Bertz CT molecular complexity index is 651. The highest BCUT2D eigenvalue weighted by molar-refractivity contribution is 5.92. The van der Waals surface area contributed by atoms with E-state index in [9.17, 15) is 4.79 Å². The molecule has 3 rings (SSSR count). The monoisotopic (exact) mass is 324 g/mol.